The van der Waals surface area contributed by atoms with E-state index in [0.717, 1.165) is 90.2 Å². The van der Waals surface area contributed by atoms with Crippen molar-refractivity contribution in [2.45, 2.75) is 122 Å². The van der Waals surface area contributed by atoms with Gasteiger partial charge in [-0.05, 0) is 121 Å². The lowest BCUT2D eigenvalue weighted by Gasteiger charge is -2.37. The molecule has 2 fully saturated rings. The van der Waals surface area contributed by atoms with Crippen LogP contribution in [0.15, 0.2) is 59.7 Å². The molecule has 2 atom stereocenters. The van der Waals surface area contributed by atoms with Crippen molar-refractivity contribution in [2.24, 2.45) is 0 Å². The molecule has 56 heavy (non-hydrogen) atoms. The van der Waals surface area contributed by atoms with E-state index in [-0.39, 0.29) is 30.3 Å². The van der Waals surface area contributed by atoms with Crippen LogP contribution < -0.4 is 10.9 Å². The summed E-state index contributed by atoms with van der Waals surface area (Å²) in [6.45, 7) is 10.6. The third kappa shape index (κ3) is 7.32. The van der Waals surface area contributed by atoms with Crippen LogP contribution in [-0.4, -0.2) is 59.1 Å². The highest BCUT2D eigenvalue weighted by Crippen LogP contribution is 2.52. The summed E-state index contributed by atoms with van der Waals surface area (Å²) in [6, 6.07) is 13.5. The molecule has 5 heterocycles. The second kappa shape index (κ2) is 14.9. The maximum Gasteiger partial charge on any atom is 0.407 e. The minimum Gasteiger partial charge on any atom is -0.444 e. The molecule has 0 radical (unpaired) electrons. The van der Waals surface area contributed by atoms with E-state index >= 15 is 4.79 Å². The fourth-order valence-corrected chi connectivity index (χ4v) is 8.48. The highest BCUT2D eigenvalue weighted by Gasteiger charge is 2.54. The van der Waals surface area contributed by atoms with Gasteiger partial charge in [0, 0.05) is 41.2 Å². The number of nitrogens with one attached hydrogen (secondary N) is 2. The van der Waals surface area contributed by atoms with Crippen molar-refractivity contribution in [3.63, 3.8) is 0 Å². The van der Waals surface area contributed by atoms with Gasteiger partial charge in [-0.3, -0.25) is 19.6 Å². The Morgan fingerprint density at radius 1 is 1.05 bits per heavy atom. The normalized spacial score (nSPS) is 18.9. The van der Waals surface area contributed by atoms with Crippen LogP contribution in [0.2, 0.25) is 0 Å². The largest absolute Gasteiger partial charge is 0.444 e. The van der Waals surface area contributed by atoms with Crippen LogP contribution in [0, 0.1) is 13.8 Å². The number of benzene rings is 1. The van der Waals surface area contributed by atoms with Gasteiger partial charge >= 0.3 is 6.09 Å². The minimum absolute atomic E-state index is 0.0120. The molecule has 2 amide bonds. The second-order valence-corrected chi connectivity index (χ2v) is 16.4. The summed E-state index contributed by atoms with van der Waals surface area (Å²) in [4.78, 5) is 52.4. The smallest absolute Gasteiger partial charge is 0.407 e. The number of ether oxygens (including phenoxy) is 2. The zero-order valence-electron chi connectivity index (χ0n) is 32.9. The predicted molar refractivity (Wildman–Crippen MR) is 211 cm³/mol. The van der Waals surface area contributed by atoms with E-state index in [4.69, 9.17) is 24.5 Å². The van der Waals surface area contributed by atoms with Crippen molar-refractivity contribution in [2.75, 3.05) is 6.61 Å². The Balaban J connectivity index is 1.11. The summed E-state index contributed by atoms with van der Waals surface area (Å²) in [5.74, 6) is 0.0120. The summed E-state index contributed by atoms with van der Waals surface area (Å²) in [5.41, 5.74) is 6.39. The number of fused-ring (bicyclic) bond motifs is 2. The summed E-state index contributed by atoms with van der Waals surface area (Å²) >= 11 is 0. The minimum atomic E-state index is -0.789. The van der Waals surface area contributed by atoms with Crippen LogP contribution in [0.4, 0.5) is 4.79 Å². The summed E-state index contributed by atoms with van der Waals surface area (Å²) in [5, 5.41) is 15.5. The summed E-state index contributed by atoms with van der Waals surface area (Å²) < 4.78 is 13.5. The van der Waals surface area contributed by atoms with Crippen molar-refractivity contribution in [3.8, 4) is 11.1 Å². The topological polar surface area (TPSA) is 157 Å². The number of aromatic amines is 1. The zero-order chi connectivity index (χ0) is 39.2. The first-order chi connectivity index (χ1) is 26.9. The van der Waals surface area contributed by atoms with Gasteiger partial charge in [0.25, 0.3) is 5.56 Å². The van der Waals surface area contributed by atoms with Gasteiger partial charge in [-0.1, -0.05) is 18.2 Å². The Bertz CT molecular complexity index is 2330. The maximum absolute atomic E-state index is 15.2. The zero-order valence-corrected chi connectivity index (χ0v) is 32.9. The van der Waals surface area contributed by atoms with Crippen molar-refractivity contribution in [1.29, 1.82) is 0 Å². The number of rotatable bonds is 9. The molecule has 13 nitrogen and oxygen atoms in total. The number of hydrogen-bond acceptors (Lipinski definition) is 9. The molecule has 13 heteroatoms. The molecule has 292 valence electrons. The predicted octanol–water partition coefficient (Wildman–Crippen LogP) is 7.06. The molecule has 1 aliphatic heterocycles. The maximum atomic E-state index is 15.2. The molecule has 2 unspecified atom stereocenters. The van der Waals surface area contributed by atoms with Crippen molar-refractivity contribution in [3.05, 3.63) is 105 Å². The van der Waals surface area contributed by atoms with Crippen LogP contribution in [0.3, 0.4) is 0 Å². The average Bonchev–Trinajstić information content (AvgIpc) is 3.95. The van der Waals surface area contributed by atoms with Gasteiger partial charge in [0.2, 0.25) is 5.91 Å². The molecule has 2 aliphatic carbocycles. The Morgan fingerprint density at radius 2 is 1.89 bits per heavy atom. The first-order valence-electron chi connectivity index (χ1n) is 19.8. The van der Waals surface area contributed by atoms with Gasteiger partial charge in [-0.2, -0.15) is 10.2 Å². The van der Waals surface area contributed by atoms with Gasteiger partial charge in [-0.15, -0.1) is 0 Å². The fourth-order valence-electron chi connectivity index (χ4n) is 8.48. The van der Waals surface area contributed by atoms with Gasteiger partial charge in [-0.25, -0.2) is 14.6 Å². The van der Waals surface area contributed by atoms with Crippen molar-refractivity contribution in [1.82, 2.24) is 40.2 Å². The number of carbonyl (C=O) groups excluding carboxylic acids is 2. The molecule has 8 rings (SSSR count). The van der Waals surface area contributed by atoms with E-state index in [9.17, 15) is 9.59 Å². The molecule has 1 saturated carbocycles. The molecule has 5 aromatic rings. The number of aromatic nitrogens is 6. The number of nitrogens with zero attached hydrogens (tertiary/aromatic N) is 6. The van der Waals surface area contributed by atoms with E-state index in [1.54, 1.807) is 26.8 Å². The van der Waals surface area contributed by atoms with Crippen molar-refractivity contribution < 1.29 is 19.1 Å². The number of carbonyl (C=O) groups is 2. The summed E-state index contributed by atoms with van der Waals surface area (Å²) in [7, 11) is 0. The molecule has 1 aromatic carbocycles. The molecular weight excluding hydrogens is 709 g/mol. The third-order valence-electron chi connectivity index (χ3n) is 11.4. The standard InChI is InChI=1S/C43H50N8O5/c1-26-37(27(2)51(49-26)36-13-6-7-21-55-36)29-14-16-31(45-23-29)25-50(35-12-8-10-28-11-9-20-44-38(28)35)40(53)43(18-19-43)30-15-17-32-33(22-30)34(47-48-39(32)52)24-46-41(54)56-42(3,4)5/h9,11,14-17,20,22-23,35-36H,6-8,10,12-13,18-19,21,24-25H2,1-5H3,(H,46,54)(H,48,52). The van der Waals surface area contributed by atoms with Crippen molar-refractivity contribution >= 4 is 22.8 Å². The highest BCUT2D eigenvalue weighted by atomic mass is 16.6. The second-order valence-electron chi connectivity index (χ2n) is 16.4. The highest BCUT2D eigenvalue weighted by molar-refractivity contribution is 5.94. The number of alkyl carbamates (subject to hydrolysis) is 1. The van der Waals surface area contributed by atoms with Crippen LogP contribution in [0.25, 0.3) is 21.9 Å². The molecule has 3 aliphatic rings. The Hall–Kier alpha value is -5.43. The lowest BCUT2D eigenvalue weighted by atomic mass is 9.87. The van der Waals surface area contributed by atoms with E-state index in [1.807, 2.05) is 53.2 Å². The number of hydrogen-bond donors (Lipinski definition) is 2. The van der Waals surface area contributed by atoms with Crippen LogP contribution in [0.1, 0.15) is 118 Å². The molecular formula is C43H50N8O5. The monoisotopic (exact) mass is 758 g/mol. The number of H-pyrrole nitrogens is 1. The third-order valence-corrected chi connectivity index (χ3v) is 11.4. The Labute approximate surface area is 326 Å². The molecule has 0 spiro atoms. The van der Waals surface area contributed by atoms with E-state index < -0.39 is 17.1 Å². The van der Waals surface area contributed by atoms with E-state index in [0.29, 0.717) is 35.9 Å². The lowest BCUT2D eigenvalue weighted by molar-refractivity contribution is -0.137. The Morgan fingerprint density at radius 3 is 2.62 bits per heavy atom. The molecule has 1 saturated heterocycles. The lowest BCUT2D eigenvalue weighted by Crippen LogP contribution is -2.43. The van der Waals surface area contributed by atoms with Gasteiger partial charge < -0.3 is 19.7 Å². The van der Waals surface area contributed by atoms with E-state index in [2.05, 4.69) is 34.6 Å². The fraction of sp³-hybridized carbons (Fsp3) is 0.465. The van der Waals surface area contributed by atoms with Gasteiger partial charge in [0.1, 0.15) is 11.8 Å². The van der Waals surface area contributed by atoms with E-state index in [1.165, 1.54) is 0 Å². The van der Waals surface area contributed by atoms with Gasteiger partial charge in [0.05, 0.1) is 52.7 Å². The number of amides is 2. The molecule has 4 aromatic heterocycles. The molecule has 0 bridgehead atoms. The summed E-state index contributed by atoms with van der Waals surface area (Å²) in [6.07, 6.45) is 10.2. The SMILES string of the molecule is Cc1nn(C2CCCCO2)c(C)c1-c1ccc(CN(C(=O)C2(c3ccc4c(=O)[nH]nc(CNC(=O)OC(C)(C)C)c4c3)CC2)C2CCCc3cccnc32)nc1. The number of aryl methyl sites for hydroxylation is 2. The number of pyridine rings is 2. The average molecular weight is 759 g/mol. The van der Waals surface area contributed by atoms with Crippen LogP contribution in [-0.2, 0) is 39.2 Å². The quantitative estimate of drug-likeness (QED) is 0.161. The van der Waals surface area contributed by atoms with Crippen LogP contribution in [0.5, 0.6) is 0 Å². The molecule has 2 N–H and O–H groups in total. The first-order valence-corrected chi connectivity index (χ1v) is 19.8. The van der Waals surface area contributed by atoms with Crippen LogP contribution >= 0.6 is 0 Å². The Kier molecular flexibility index (Phi) is 9.98. The first kappa shape index (κ1) is 37.5. The van der Waals surface area contributed by atoms with Gasteiger partial charge in [0.15, 0.2) is 0 Å².